The summed E-state index contributed by atoms with van der Waals surface area (Å²) < 4.78 is 12.5. The molecule has 0 spiro atoms. The van der Waals surface area contributed by atoms with Crippen LogP contribution in [0.4, 0.5) is 0 Å². The molecule has 1 aliphatic rings. The van der Waals surface area contributed by atoms with Crippen LogP contribution in [0.1, 0.15) is 59.1 Å². The Morgan fingerprint density at radius 1 is 0.971 bits per heavy atom. The highest BCUT2D eigenvalue weighted by atomic mass is 16.5. The van der Waals surface area contributed by atoms with Crippen molar-refractivity contribution in [2.75, 3.05) is 13.7 Å². The third-order valence-electron chi connectivity index (χ3n) is 5.84. The highest BCUT2D eigenvalue weighted by Crippen LogP contribution is 2.28. The molecule has 4 rings (SSSR count). The van der Waals surface area contributed by atoms with E-state index in [9.17, 15) is 14.4 Å². The van der Waals surface area contributed by atoms with Gasteiger partial charge in [-0.05, 0) is 56.2 Å². The van der Waals surface area contributed by atoms with Gasteiger partial charge in [0.05, 0.1) is 24.6 Å². The van der Waals surface area contributed by atoms with Gasteiger partial charge in [-0.1, -0.05) is 12.8 Å². The summed E-state index contributed by atoms with van der Waals surface area (Å²) >= 11 is 0. The highest BCUT2D eigenvalue weighted by Gasteiger charge is 2.16. The molecule has 0 saturated heterocycles. The number of carbonyl (C=O) groups excluding carboxylic acids is 2. The smallest absolute Gasteiger partial charge is 0.269 e. The second-order valence-electron chi connectivity index (χ2n) is 8.09. The average Bonchev–Trinajstić information content (AvgIpc) is 2.83. The van der Waals surface area contributed by atoms with Crippen LogP contribution in [0, 0.1) is 0 Å². The molecule has 9 heteroatoms. The lowest BCUT2D eigenvalue weighted by atomic mass is 10.1. The number of aromatic nitrogens is 2. The monoisotopic (exact) mass is 464 g/mol. The molecule has 2 N–H and O–H groups in total. The summed E-state index contributed by atoms with van der Waals surface area (Å²) in [7, 11) is 1.49. The number of amides is 2. The van der Waals surface area contributed by atoms with Gasteiger partial charge in [0.2, 0.25) is 0 Å². The van der Waals surface area contributed by atoms with E-state index in [0.29, 0.717) is 46.7 Å². The number of benzene rings is 2. The molecule has 2 amide bonds. The van der Waals surface area contributed by atoms with Gasteiger partial charge in [-0.2, -0.15) is 0 Å². The van der Waals surface area contributed by atoms with Crippen molar-refractivity contribution < 1.29 is 19.1 Å². The summed E-state index contributed by atoms with van der Waals surface area (Å²) in [6.07, 6.45) is 4.92. The van der Waals surface area contributed by atoms with E-state index in [4.69, 9.17) is 9.47 Å². The molecule has 1 aliphatic heterocycles. The van der Waals surface area contributed by atoms with Crippen LogP contribution >= 0.6 is 0 Å². The van der Waals surface area contributed by atoms with Crippen LogP contribution < -0.4 is 25.9 Å². The van der Waals surface area contributed by atoms with Gasteiger partial charge in [0.15, 0.2) is 11.5 Å². The zero-order valence-corrected chi connectivity index (χ0v) is 19.3. The van der Waals surface area contributed by atoms with E-state index in [-0.39, 0.29) is 5.56 Å². The van der Waals surface area contributed by atoms with Crippen molar-refractivity contribution >= 4 is 22.7 Å². The Kier molecular flexibility index (Phi) is 7.10. The molecule has 0 bridgehead atoms. The number of nitrogens with one attached hydrogen (secondary N) is 2. The molecule has 9 nitrogen and oxygen atoms in total. The topological polar surface area (TPSA) is 112 Å². The van der Waals surface area contributed by atoms with E-state index in [0.717, 1.165) is 37.9 Å². The number of rotatable bonds is 5. The number of hydrazine groups is 1. The predicted molar refractivity (Wildman–Crippen MR) is 127 cm³/mol. The first kappa shape index (κ1) is 23.3. The summed E-state index contributed by atoms with van der Waals surface area (Å²) in [6, 6.07) is 9.51. The average molecular weight is 465 g/mol. The largest absolute Gasteiger partial charge is 0.493 e. The van der Waals surface area contributed by atoms with Crippen molar-refractivity contribution in [3.63, 3.8) is 0 Å². The van der Waals surface area contributed by atoms with Gasteiger partial charge in [0.25, 0.3) is 17.4 Å². The second kappa shape index (κ2) is 10.4. The number of ether oxygens (including phenoxy) is 2. The van der Waals surface area contributed by atoms with Crippen LogP contribution in [0.25, 0.3) is 10.9 Å². The minimum atomic E-state index is -0.512. The quantitative estimate of drug-likeness (QED) is 0.562. The van der Waals surface area contributed by atoms with E-state index in [2.05, 4.69) is 15.8 Å². The third-order valence-corrected chi connectivity index (χ3v) is 5.84. The Labute approximate surface area is 197 Å². The minimum Gasteiger partial charge on any atom is -0.493 e. The summed E-state index contributed by atoms with van der Waals surface area (Å²) in [5.41, 5.74) is 5.81. The Morgan fingerprint density at radius 2 is 1.68 bits per heavy atom. The van der Waals surface area contributed by atoms with Gasteiger partial charge in [0.1, 0.15) is 5.82 Å². The molecule has 2 aromatic carbocycles. The molecule has 0 radical (unpaired) electrons. The molecular weight excluding hydrogens is 436 g/mol. The molecule has 2 heterocycles. The van der Waals surface area contributed by atoms with Crippen LogP contribution in [0.3, 0.4) is 0 Å². The third kappa shape index (κ3) is 4.88. The molecule has 34 heavy (non-hydrogen) atoms. The van der Waals surface area contributed by atoms with E-state index in [1.807, 2.05) is 6.92 Å². The van der Waals surface area contributed by atoms with E-state index in [1.165, 1.54) is 13.2 Å². The summed E-state index contributed by atoms with van der Waals surface area (Å²) in [4.78, 5) is 42.8. The first-order chi connectivity index (χ1) is 16.5. The molecule has 0 atom stereocenters. The number of nitrogens with zero attached hydrogens (tertiary/aromatic N) is 2. The fraction of sp³-hybridized carbons (Fsp3) is 0.360. The highest BCUT2D eigenvalue weighted by molar-refractivity contribution is 6.01. The maximum atomic E-state index is 13.0. The van der Waals surface area contributed by atoms with Gasteiger partial charge >= 0.3 is 0 Å². The first-order valence-electron chi connectivity index (χ1n) is 11.5. The SMILES string of the molecule is CCOc1ccc(C(=O)NNC(=O)c2ccc3c(=O)n4c(nc3c2)CCCCCC4)cc1OC. The van der Waals surface area contributed by atoms with Crippen LogP contribution in [-0.4, -0.2) is 35.1 Å². The number of fused-ring (bicyclic) bond motifs is 2. The van der Waals surface area contributed by atoms with Gasteiger partial charge in [0, 0.05) is 24.1 Å². The van der Waals surface area contributed by atoms with Crippen LogP contribution in [-0.2, 0) is 13.0 Å². The molecule has 3 aromatic rings. The van der Waals surface area contributed by atoms with E-state index < -0.39 is 11.8 Å². The molecule has 0 saturated carbocycles. The van der Waals surface area contributed by atoms with Gasteiger partial charge in [-0.15, -0.1) is 0 Å². The van der Waals surface area contributed by atoms with Gasteiger partial charge < -0.3 is 9.47 Å². The normalized spacial score (nSPS) is 13.4. The zero-order chi connectivity index (χ0) is 24.1. The Bertz CT molecular complexity index is 1280. The van der Waals surface area contributed by atoms with Crippen LogP contribution in [0.5, 0.6) is 11.5 Å². The van der Waals surface area contributed by atoms with Crippen molar-refractivity contribution in [1.82, 2.24) is 20.4 Å². The lowest BCUT2D eigenvalue weighted by Gasteiger charge is -2.16. The Morgan fingerprint density at radius 3 is 2.41 bits per heavy atom. The second-order valence-corrected chi connectivity index (χ2v) is 8.09. The van der Waals surface area contributed by atoms with Gasteiger partial charge in [-0.3, -0.25) is 29.8 Å². The maximum Gasteiger partial charge on any atom is 0.269 e. The van der Waals surface area contributed by atoms with Crippen molar-refractivity contribution in [1.29, 1.82) is 0 Å². The molecule has 0 fully saturated rings. The lowest BCUT2D eigenvalue weighted by molar-refractivity contribution is 0.0846. The van der Waals surface area contributed by atoms with E-state index in [1.54, 1.807) is 34.9 Å². The zero-order valence-electron chi connectivity index (χ0n) is 19.3. The van der Waals surface area contributed by atoms with Crippen LogP contribution in [0.15, 0.2) is 41.2 Å². The minimum absolute atomic E-state index is 0.0772. The fourth-order valence-electron chi connectivity index (χ4n) is 4.08. The molecule has 1 aromatic heterocycles. The Hall–Kier alpha value is -3.88. The van der Waals surface area contributed by atoms with Crippen molar-refractivity contribution in [2.45, 2.75) is 45.6 Å². The van der Waals surface area contributed by atoms with E-state index >= 15 is 0 Å². The molecular formula is C25H28N4O5. The maximum absolute atomic E-state index is 13.0. The number of carbonyl (C=O) groups is 2. The first-order valence-corrected chi connectivity index (χ1v) is 11.5. The molecule has 0 aliphatic carbocycles. The number of hydrogen-bond donors (Lipinski definition) is 2. The number of hydrogen-bond acceptors (Lipinski definition) is 6. The fourth-order valence-corrected chi connectivity index (χ4v) is 4.08. The van der Waals surface area contributed by atoms with Crippen molar-refractivity contribution in [3.05, 3.63) is 63.7 Å². The van der Waals surface area contributed by atoms with Gasteiger partial charge in [-0.25, -0.2) is 4.98 Å². The van der Waals surface area contributed by atoms with Crippen molar-refractivity contribution in [3.8, 4) is 11.5 Å². The molecule has 0 unspecified atom stereocenters. The summed E-state index contributed by atoms with van der Waals surface area (Å²) in [6.45, 7) is 2.99. The summed E-state index contributed by atoms with van der Waals surface area (Å²) in [5.74, 6) is 0.684. The van der Waals surface area contributed by atoms with Crippen LogP contribution in [0.2, 0.25) is 0 Å². The lowest BCUT2D eigenvalue weighted by Crippen LogP contribution is -2.41. The standard InChI is InChI=1S/C25H28N4O5/c1-3-34-20-12-10-17(15-21(20)33-2)24(31)28-27-23(30)16-9-11-18-19(14-16)26-22-8-6-4-5-7-13-29(22)25(18)32/h9-12,14-15H,3-8,13H2,1-2H3,(H,27,30)(H,28,31). The number of methoxy groups -OCH3 is 1. The summed E-state index contributed by atoms with van der Waals surface area (Å²) in [5, 5.41) is 0.478. The number of aryl methyl sites for hydroxylation is 1. The Balaban J connectivity index is 1.50. The molecule has 178 valence electrons. The van der Waals surface area contributed by atoms with Crippen molar-refractivity contribution in [2.24, 2.45) is 0 Å². The predicted octanol–water partition coefficient (Wildman–Crippen LogP) is 3.00.